The summed E-state index contributed by atoms with van der Waals surface area (Å²) in [5, 5.41) is 2.15. The minimum absolute atomic E-state index is 0.0515. The third kappa shape index (κ3) is 3.75. The summed E-state index contributed by atoms with van der Waals surface area (Å²) in [5.41, 5.74) is 1.21. The Labute approximate surface area is 160 Å². The van der Waals surface area contributed by atoms with Crippen LogP contribution in [0.25, 0.3) is 10.8 Å². The van der Waals surface area contributed by atoms with Gasteiger partial charge in [-0.1, -0.05) is 54.6 Å². The monoisotopic (exact) mass is 360 g/mol. The van der Waals surface area contributed by atoms with Crippen LogP contribution >= 0.6 is 0 Å². The number of rotatable bonds is 4. The molecule has 0 bridgehead atoms. The van der Waals surface area contributed by atoms with Gasteiger partial charge in [-0.05, 0) is 30.5 Å². The Hall–Kier alpha value is -3.01. The van der Waals surface area contributed by atoms with Gasteiger partial charge in [-0.25, -0.2) is 0 Å². The number of hydrogen-bond donors (Lipinski definition) is 0. The predicted octanol–water partition coefficient (Wildman–Crippen LogP) is 3.96. The van der Waals surface area contributed by atoms with E-state index >= 15 is 0 Å². The average molecular weight is 360 g/mol. The SMILES string of the molecule is C[C@@H](Oc1cccc2ccccc12)C(=O)N1CCN(c2ccccc2)CC1. The van der Waals surface area contributed by atoms with Crippen LogP contribution in [0.3, 0.4) is 0 Å². The van der Waals surface area contributed by atoms with Crippen molar-refractivity contribution in [1.29, 1.82) is 0 Å². The van der Waals surface area contributed by atoms with Crippen LogP contribution < -0.4 is 9.64 Å². The highest BCUT2D eigenvalue weighted by atomic mass is 16.5. The standard InChI is InChI=1S/C23H24N2O2/c1-18(27-22-13-7-9-19-8-5-6-12-21(19)22)23(26)25-16-14-24(15-17-25)20-10-3-2-4-11-20/h2-13,18H,14-17H2,1H3/t18-/m1/s1. The molecule has 0 unspecified atom stereocenters. The molecule has 138 valence electrons. The molecule has 1 amide bonds. The summed E-state index contributed by atoms with van der Waals surface area (Å²) < 4.78 is 6.05. The van der Waals surface area contributed by atoms with E-state index < -0.39 is 6.10 Å². The number of para-hydroxylation sites is 1. The quantitative estimate of drug-likeness (QED) is 0.706. The van der Waals surface area contributed by atoms with E-state index in [1.54, 1.807) is 0 Å². The van der Waals surface area contributed by atoms with Crippen molar-refractivity contribution in [3.63, 3.8) is 0 Å². The summed E-state index contributed by atoms with van der Waals surface area (Å²) in [4.78, 5) is 17.1. The summed E-state index contributed by atoms with van der Waals surface area (Å²) in [5.74, 6) is 0.813. The molecule has 3 aromatic rings. The summed E-state index contributed by atoms with van der Waals surface area (Å²) in [6.45, 7) is 4.97. The lowest BCUT2D eigenvalue weighted by Gasteiger charge is -2.37. The molecule has 0 aromatic heterocycles. The zero-order valence-electron chi connectivity index (χ0n) is 15.5. The Balaban J connectivity index is 1.40. The van der Waals surface area contributed by atoms with E-state index in [9.17, 15) is 4.79 Å². The lowest BCUT2D eigenvalue weighted by atomic mass is 10.1. The van der Waals surface area contributed by atoms with E-state index in [0.717, 1.165) is 42.7 Å². The average Bonchev–Trinajstić information content (AvgIpc) is 2.74. The molecule has 0 saturated carbocycles. The fourth-order valence-electron chi connectivity index (χ4n) is 3.62. The smallest absolute Gasteiger partial charge is 0.263 e. The third-order valence-electron chi connectivity index (χ3n) is 5.11. The fraction of sp³-hybridized carbons (Fsp3) is 0.261. The Morgan fingerprint density at radius 2 is 1.52 bits per heavy atom. The number of hydrogen-bond acceptors (Lipinski definition) is 3. The van der Waals surface area contributed by atoms with Gasteiger partial charge in [0.05, 0.1) is 0 Å². The first kappa shape index (κ1) is 17.4. The Morgan fingerprint density at radius 1 is 0.852 bits per heavy atom. The van der Waals surface area contributed by atoms with E-state index in [4.69, 9.17) is 4.74 Å². The van der Waals surface area contributed by atoms with E-state index in [1.165, 1.54) is 5.69 Å². The van der Waals surface area contributed by atoms with Crippen molar-refractivity contribution >= 4 is 22.4 Å². The lowest BCUT2D eigenvalue weighted by Crippen LogP contribution is -2.52. The molecule has 1 atom stereocenters. The highest BCUT2D eigenvalue weighted by Gasteiger charge is 2.26. The van der Waals surface area contributed by atoms with Gasteiger partial charge in [0.15, 0.2) is 6.10 Å². The van der Waals surface area contributed by atoms with Crippen molar-refractivity contribution in [2.45, 2.75) is 13.0 Å². The first-order valence-corrected chi connectivity index (χ1v) is 9.45. The number of carbonyl (C=O) groups excluding carboxylic acids is 1. The number of nitrogens with zero attached hydrogens (tertiary/aromatic N) is 2. The van der Waals surface area contributed by atoms with Crippen LogP contribution in [0.4, 0.5) is 5.69 Å². The molecule has 27 heavy (non-hydrogen) atoms. The second-order valence-corrected chi connectivity index (χ2v) is 6.89. The fourth-order valence-corrected chi connectivity index (χ4v) is 3.62. The maximum Gasteiger partial charge on any atom is 0.263 e. The van der Waals surface area contributed by atoms with Crippen molar-refractivity contribution in [2.75, 3.05) is 31.1 Å². The second kappa shape index (κ2) is 7.70. The molecular formula is C23H24N2O2. The molecule has 1 saturated heterocycles. The highest BCUT2D eigenvalue weighted by molar-refractivity contribution is 5.89. The van der Waals surface area contributed by atoms with Crippen LogP contribution in [0, 0.1) is 0 Å². The summed E-state index contributed by atoms with van der Waals surface area (Å²) in [7, 11) is 0. The Kier molecular flexibility index (Phi) is 4.97. The molecule has 4 nitrogen and oxygen atoms in total. The zero-order valence-corrected chi connectivity index (χ0v) is 15.5. The summed E-state index contributed by atoms with van der Waals surface area (Å²) in [6, 6.07) is 24.4. The van der Waals surface area contributed by atoms with Gasteiger partial charge >= 0.3 is 0 Å². The van der Waals surface area contributed by atoms with Gasteiger partial charge < -0.3 is 14.5 Å². The molecule has 1 aliphatic rings. The number of piperazine rings is 1. The van der Waals surface area contributed by atoms with Gasteiger partial charge in [0, 0.05) is 37.3 Å². The summed E-state index contributed by atoms with van der Waals surface area (Å²) >= 11 is 0. The van der Waals surface area contributed by atoms with Crippen molar-refractivity contribution < 1.29 is 9.53 Å². The minimum Gasteiger partial charge on any atom is -0.480 e. The maximum atomic E-state index is 12.9. The molecule has 1 fully saturated rings. The van der Waals surface area contributed by atoms with Gasteiger partial charge in [0.1, 0.15) is 5.75 Å². The van der Waals surface area contributed by atoms with E-state index in [2.05, 4.69) is 29.2 Å². The van der Waals surface area contributed by atoms with Gasteiger partial charge in [-0.15, -0.1) is 0 Å². The van der Waals surface area contributed by atoms with Crippen LogP contribution in [0.2, 0.25) is 0 Å². The Bertz CT molecular complexity index is 913. The molecule has 0 N–H and O–H groups in total. The highest BCUT2D eigenvalue weighted by Crippen LogP contribution is 2.26. The molecule has 1 aliphatic heterocycles. The lowest BCUT2D eigenvalue weighted by molar-refractivity contribution is -0.138. The molecule has 1 heterocycles. The Morgan fingerprint density at radius 3 is 2.30 bits per heavy atom. The normalized spacial score (nSPS) is 15.6. The molecule has 0 aliphatic carbocycles. The number of anilines is 1. The molecule has 0 radical (unpaired) electrons. The van der Waals surface area contributed by atoms with E-state index in [-0.39, 0.29) is 5.91 Å². The van der Waals surface area contributed by atoms with Crippen molar-refractivity contribution in [3.8, 4) is 5.75 Å². The van der Waals surface area contributed by atoms with Gasteiger partial charge in [0.25, 0.3) is 5.91 Å². The molecule has 0 spiro atoms. The van der Waals surface area contributed by atoms with Crippen molar-refractivity contribution in [1.82, 2.24) is 4.90 Å². The molecule has 4 rings (SSSR count). The topological polar surface area (TPSA) is 32.8 Å². The minimum atomic E-state index is -0.501. The van der Waals surface area contributed by atoms with Crippen molar-refractivity contribution in [3.05, 3.63) is 72.8 Å². The predicted molar refractivity (Wildman–Crippen MR) is 109 cm³/mol. The summed E-state index contributed by atoms with van der Waals surface area (Å²) in [6.07, 6.45) is -0.501. The molecule has 3 aromatic carbocycles. The van der Waals surface area contributed by atoms with Gasteiger partial charge in [-0.3, -0.25) is 4.79 Å². The van der Waals surface area contributed by atoms with E-state index in [0.29, 0.717) is 0 Å². The van der Waals surface area contributed by atoms with Crippen LogP contribution in [-0.4, -0.2) is 43.1 Å². The first-order valence-electron chi connectivity index (χ1n) is 9.45. The number of benzene rings is 3. The number of fused-ring (bicyclic) bond motifs is 1. The van der Waals surface area contributed by atoms with Crippen LogP contribution in [0.15, 0.2) is 72.8 Å². The maximum absolute atomic E-state index is 12.9. The first-order chi connectivity index (χ1) is 13.2. The second-order valence-electron chi connectivity index (χ2n) is 6.89. The van der Waals surface area contributed by atoms with Gasteiger partial charge in [0.2, 0.25) is 0 Å². The van der Waals surface area contributed by atoms with Crippen molar-refractivity contribution in [2.24, 2.45) is 0 Å². The van der Waals surface area contributed by atoms with Crippen LogP contribution in [-0.2, 0) is 4.79 Å². The van der Waals surface area contributed by atoms with Crippen LogP contribution in [0.1, 0.15) is 6.92 Å². The number of amides is 1. The zero-order chi connectivity index (χ0) is 18.6. The molecule has 4 heteroatoms. The largest absolute Gasteiger partial charge is 0.480 e. The van der Waals surface area contributed by atoms with Crippen LogP contribution in [0.5, 0.6) is 5.75 Å². The molecular weight excluding hydrogens is 336 g/mol. The van der Waals surface area contributed by atoms with Gasteiger partial charge in [-0.2, -0.15) is 0 Å². The third-order valence-corrected chi connectivity index (χ3v) is 5.11. The number of carbonyl (C=O) groups is 1. The number of ether oxygens (including phenoxy) is 1. The van der Waals surface area contributed by atoms with E-state index in [1.807, 2.05) is 60.4 Å².